The van der Waals surface area contributed by atoms with Crippen LogP contribution >= 0.6 is 0 Å². The van der Waals surface area contributed by atoms with Crippen molar-refractivity contribution in [1.82, 2.24) is 4.90 Å². The maximum Gasteiger partial charge on any atom is 0.267 e. The molecule has 0 radical (unpaired) electrons. The number of rotatable bonds is 3. The maximum atomic E-state index is 13.3. The van der Waals surface area contributed by atoms with Crippen LogP contribution in [0.4, 0.5) is 0 Å². The maximum absolute atomic E-state index is 13.3. The standard InChI is InChI=1S/C23H27NO4/c1-16-22(28-21-9-4-3-8-20(21)27-16)23(25)24-14-6-5-7-18(15-24)17-10-12-19(26-2)13-11-17/h3-4,8-13,16,18,22H,5-7,14-15H2,1-2H3. The zero-order chi connectivity index (χ0) is 19.5. The largest absolute Gasteiger partial charge is 0.497 e. The van der Waals surface area contributed by atoms with Gasteiger partial charge in [0.1, 0.15) is 11.9 Å². The Hall–Kier alpha value is -2.69. The molecule has 5 nitrogen and oxygen atoms in total. The second kappa shape index (κ2) is 8.13. The molecule has 0 saturated carbocycles. The number of amides is 1. The molecule has 0 N–H and O–H groups in total. The van der Waals surface area contributed by atoms with Crippen molar-refractivity contribution in [3.05, 3.63) is 54.1 Å². The van der Waals surface area contributed by atoms with Gasteiger partial charge in [-0.1, -0.05) is 30.7 Å². The number of hydrogen-bond acceptors (Lipinski definition) is 4. The van der Waals surface area contributed by atoms with Gasteiger partial charge in [-0.2, -0.15) is 0 Å². The lowest BCUT2D eigenvalue weighted by Crippen LogP contribution is -2.51. The molecule has 2 aliphatic heterocycles. The Kier molecular flexibility index (Phi) is 5.42. The average Bonchev–Trinajstić information content (AvgIpc) is 2.99. The molecule has 2 aromatic rings. The normalized spacial score (nSPS) is 24.4. The number of carbonyl (C=O) groups is 1. The summed E-state index contributed by atoms with van der Waals surface area (Å²) in [5, 5.41) is 0. The summed E-state index contributed by atoms with van der Waals surface area (Å²) in [5.74, 6) is 2.53. The molecule has 2 aliphatic rings. The average molecular weight is 381 g/mol. The molecular formula is C23H27NO4. The Balaban J connectivity index is 1.50. The number of methoxy groups -OCH3 is 1. The molecule has 1 amide bonds. The summed E-state index contributed by atoms with van der Waals surface area (Å²) in [5.41, 5.74) is 1.25. The van der Waals surface area contributed by atoms with E-state index in [1.54, 1.807) is 7.11 Å². The van der Waals surface area contributed by atoms with Crippen LogP contribution in [0.5, 0.6) is 17.2 Å². The fourth-order valence-electron chi connectivity index (χ4n) is 4.06. The van der Waals surface area contributed by atoms with Gasteiger partial charge in [-0.15, -0.1) is 0 Å². The third kappa shape index (κ3) is 3.79. The van der Waals surface area contributed by atoms with Crippen molar-refractivity contribution in [2.45, 2.75) is 44.3 Å². The van der Waals surface area contributed by atoms with Gasteiger partial charge in [-0.25, -0.2) is 0 Å². The summed E-state index contributed by atoms with van der Waals surface area (Å²) in [6.07, 6.45) is 2.28. The van der Waals surface area contributed by atoms with E-state index in [2.05, 4.69) is 12.1 Å². The molecule has 28 heavy (non-hydrogen) atoms. The molecule has 0 aromatic heterocycles. The summed E-state index contributed by atoms with van der Waals surface area (Å²) >= 11 is 0. The van der Waals surface area contributed by atoms with Crippen molar-refractivity contribution in [1.29, 1.82) is 0 Å². The Bertz CT molecular complexity index is 820. The van der Waals surface area contributed by atoms with E-state index in [-0.39, 0.29) is 12.0 Å². The summed E-state index contributed by atoms with van der Waals surface area (Å²) in [6.45, 7) is 3.37. The van der Waals surface area contributed by atoms with E-state index in [1.165, 1.54) is 5.56 Å². The minimum atomic E-state index is -0.607. The van der Waals surface area contributed by atoms with Gasteiger partial charge in [0.15, 0.2) is 11.5 Å². The van der Waals surface area contributed by atoms with Gasteiger partial charge in [-0.3, -0.25) is 4.79 Å². The van der Waals surface area contributed by atoms with Crippen LogP contribution in [-0.4, -0.2) is 43.2 Å². The summed E-state index contributed by atoms with van der Waals surface area (Å²) < 4.78 is 17.2. The van der Waals surface area contributed by atoms with Crippen LogP contribution in [0.1, 0.15) is 37.7 Å². The fourth-order valence-corrected chi connectivity index (χ4v) is 4.06. The molecule has 0 spiro atoms. The first-order chi connectivity index (χ1) is 13.7. The van der Waals surface area contributed by atoms with E-state index in [4.69, 9.17) is 14.2 Å². The quantitative estimate of drug-likeness (QED) is 0.806. The van der Waals surface area contributed by atoms with Gasteiger partial charge < -0.3 is 19.1 Å². The van der Waals surface area contributed by atoms with Crippen LogP contribution in [0.25, 0.3) is 0 Å². The molecule has 2 heterocycles. The van der Waals surface area contributed by atoms with Gasteiger partial charge >= 0.3 is 0 Å². The van der Waals surface area contributed by atoms with E-state index in [9.17, 15) is 4.79 Å². The topological polar surface area (TPSA) is 48.0 Å². The fraction of sp³-hybridized carbons (Fsp3) is 0.435. The summed E-state index contributed by atoms with van der Waals surface area (Å²) in [4.78, 5) is 15.3. The van der Waals surface area contributed by atoms with E-state index in [0.717, 1.165) is 31.6 Å². The zero-order valence-corrected chi connectivity index (χ0v) is 16.5. The van der Waals surface area contributed by atoms with Crippen molar-refractivity contribution >= 4 is 5.91 Å². The lowest BCUT2D eigenvalue weighted by atomic mass is 9.94. The highest BCUT2D eigenvalue weighted by Crippen LogP contribution is 2.35. The molecule has 5 heteroatoms. The van der Waals surface area contributed by atoms with E-state index < -0.39 is 6.10 Å². The van der Waals surface area contributed by atoms with Crippen molar-refractivity contribution in [3.8, 4) is 17.2 Å². The number of hydrogen-bond donors (Lipinski definition) is 0. The number of fused-ring (bicyclic) bond motifs is 1. The first-order valence-corrected chi connectivity index (χ1v) is 10.0. The Morgan fingerprint density at radius 3 is 2.46 bits per heavy atom. The van der Waals surface area contributed by atoms with Crippen LogP contribution in [0.2, 0.25) is 0 Å². The van der Waals surface area contributed by atoms with Crippen molar-refractivity contribution in [3.63, 3.8) is 0 Å². The predicted octanol–water partition coefficient (Wildman–Crippen LogP) is 4.02. The van der Waals surface area contributed by atoms with E-state index >= 15 is 0 Å². The minimum absolute atomic E-state index is 0.0161. The lowest BCUT2D eigenvalue weighted by Gasteiger charge is -2.35. The monoisotopic (exact) mass is 381 g/mol. The van der Waals surface area contributed by atoms with Crippen molar-refractivity contribution in [2.24, 2.45) is 0 Å². The Morgan fingerprint density at radius 1 is 1.04 bits per heavy atom. The van der Waals surface area contributed by atoms with E-state index in [1.807, 2.05) is 48.2 Å². The number of likely N-dealkylation sites (tertiary alicyclic amines) is 1. The Morgan fingerprint density at radius 2 is 1.75 bits per heavy atom. The van der Waals surface area contributed by atoms with Crippen LogP contribution in [0.15, 0.2) is 48.5 Å². The highest BCUT2D eigenvalue weighted by molar-refractivity contribution is 5.82. The first kappa shape index (κ1) is 18.7. The predicted molar refractivity (Wildman–Crippen MR) is 107 cm³/mol. The molecule has 0 bridgehead atoms. The highest BCUT2D eigenvalue weighted by atomic mass is 16.6. The van der Waals surface area contributed by atoms with Gasteiger partial charge in [0.05, 0.1) is 7.11 Å². The summed E-state index contributed by atoms with van der Waals surface area (Å²) in [7, 11) is 1.67. The molecular weight excluding hydrogens is 354 g/mol. The number of nitrogens with zero attached hydrogens (tertiary/aromatic N) is 1. The van der Waals surface area contributed by atoms with Gasteiger partial charge in [0.25, 0.3) is 5.91 Å². The second-order valence-electron chi connectivity index (χ2n) is 7.56. The summed E-state index contributed by atoms with van der Waals surface area (Å²) in [6, 6.07) is 15.7. The van der Waals surface area contributed by atoms with Gasteiger partial charge in [-0.05, 0) is 49.6 Å². The first-order valence-electron chi connectivity index (χ1n) is 10.0. The van der Waals surface area contributed by atoms with Gasteiger partial charge in [0.2, 0.25) is 6.10 Å². The smallest absolute Gasteiger partial charge is 0.267 e. The number of carbonyl (C=O) groups excluding carboxylic acids is 1. The Labute approximate surface area is 166 Å². The SMILES string of the molecule is COc1ccc(C2CCCCN(C(=O)C3Oc4ccccc4OC3C)C2)cc1. The lowest BCUT2D eigenvalue weighted by molar-refractivity contribution is -0.144. The van der Waals surface area contributed by atoms with Crippen LogP contribution in [0.3, 0.4) is 0 Å². The molecule has 4 rings (SSSR count). The minimum Gasteiger partial charge on any atom is -0.497 e. The highest BCUT2D eigenvalue weighted by Gasteiger charge is 2.37. The molecule has 1 saturated heterocycles. The number of benzene rings is 2. The van der Waals surface area contributed by atoms with Crippen molar-refractivity contribution < 1.29 is 19.0 Å². The molecule has 3 atom stereocenters. The van der Waals surface area contributed by atoms with Crippen LogP contribution in [-0.2, 0) is 4.79 Å². The zero-order valence-electron chi connectivity index (χ0n) is 16.5. The molecule has 148 valence electrons. The van der Waals surface area contributed by atoms with Gasteiger partial charge in [0, 0.05) is 19.0 Å². The van der Waals surface area contributed by atoms with E-state index in [0.29, 0.717) is 24.0 Å². The van der Waals surface area contributed by atoms with Crippen LogP contribution < -0.4 is 14.2 Å². The number of para-hydroxylation sites is 2. The number of ether oxygens (including phenoxy) is 3. The second-order valence-corrected chi connectivity index (χ2v) is 7.56. The molecule has 1 fully saturated rings. The molecule has 0 aliphatic carbocycles. The third-order valence-corrected chi connectivity index (χ3v) is 5.66. The molecule has 2 aromatic carbocycles. The van der Waals surface area contributed by atoms with Crippen molar-refractivity contribution in [2.75, 3.05) is 20.2 Å². The molecule has 3 unspecified atom stereocenters. The third-order valence-electron chi connectivity index (χ3n) is 5.66. The van der Waals surface area contributed by atoms with Crippen LogP contribution in [0, 0.1) is 0 Å².